The van der Waals surface area contributed by atoms with Gasteiger partial charge in [-0.15, -0.1) is 10.5 Å². The van der Waals surface area contributed by atoms with Crippen molar-refractivity contribution in [2.45, 2.75) is 0 Å². The highest BCUT2D eigenvalue weighted by atomic mass is 16.5. The van der Waals surface area contributed by atoms with Crippen LogP contribution >= 0.6 is 0 Å². The van der Waals surface area contributed by atoms with Crippen LogP contribution in [0, 0.1) is 23.0 Å². The zero-order valence-corrected chi connectivity index (χ0v) is 9.83. The van der Waals surface area contributed by atoms with Crippen molar-refractivity contribution in [2.75, 3.05) is 5.32 Å². The fraction of sp³-hybridized carbons (Fsp3) is 0. The first-order valence-electron chi connectivity index (χ1n) is 5.41. The lowest BCUT2D eigenvalue weighted by molar-refractivity contribution is 0.507. The Morgan fingerprint density at radius 2 is 1.05 bits per heavy atom. The fourth-order valence-electron chi connectivity index (χ4n) is 1.48. The molecule has 0 bridgehead atoms. The number of anilines is 2. The molecule has 0 aliphatic carbocycles. The van der Waals surface area contributed by atoms with Gasteiger partial charge in [-0.3, -0.25) is 0 Å². The predicted octanol–water partition coefficient (Wildman–Crippen LogP) is 3.15. The van der Waals surface area contributed by atoms with Gasteiger partial charge < -0.3 is 14.8 Å². The summed E-state index contributed by atoms with van der Waals surface area (Å²) < 4.78 is 9.37. The summed E-state index contributed by atoms with van der Waals surface area (Å²) in [7, 11) is 0. The van der Waals surface area contributed by atoms with Gasteiger partial charge in [-0.1, -0.05) is 0 Å². The third-order valence-corrected chi connectivity index (χ3v) is 2.32. The minimum absolute atomic E-state index is 0.491. The molecule has 2 aromatic rings. The van der Waals surface area contributed by atoms with E-state index < -0.39 is 0 Å². The Morgan fingerprint density at radius 3 is 1.37 bits per heavy atom. The number of hydrogen-bond acceptors (Lipinski definition) is 5. The number of ether oxygens (including phenoxy) is 2. The van der Waals surface area contributed by atoms with Crippen LogP contribution in [0.2, 0.25) is 0 Å². The first-order valence-corrected chi connectivity index (χ1v) is 5.41. The molecule has 5 heteroatoms. The van der Waals surface area contributed by atoms with Crippen LogP contribution in [0.3, 0.4) is 0 Å². The molecule has 0 fully saturated rings. The van der Waals surface area contributed by atoms with E-state index >= 15 is 0 Å². The lowest BCUT2D eigenvalue weighted by Crippen LogP contribution is -1.90. The van der Waals surface area contributed by atoms with Crippen LogP contribution in [-0.2, 0) is 0 Å². The summed E-state index contributed by atoms with van der Waals surface area (Å²) in [6.07, 6.45) is 3.22. The highest BCUT2D eigenvalue weighted by Crippen LogP contribution is 2.21. The van der Waals surface area contributed by atoms with E-state index in [2.05, 4.69) is 14.8 Å². The summed E-state index contributed by atoms with van der Waals surface area (Å²) in [5, 5.41) is 19.9. The second kappa shape index (κ2) is 5.95. The van der Waals surface area contributed by atoms with Gasteiger partial charge in [0.2, 0.25) is 0 Å². The fourth-order valence-corrected chi connectivity index (χ4v) is 1.48. The minimum atomic E-state index is 0.491. The number of nitrogens with zero attached hydrogens (tertiary/aromatic N) is 2. The van der Waals surface area contributed by atoms with E-state index in [0.717, 1.165) is 11.4 Å². The smallest absolute Gasteiger partial charge is 0.292 e. The van der Waals surface area contributed by atoms with Gasteiger partial charge in [0.15, 0.2) is 0 Å². The topological polar surface area (TPSA) is 78.1 Å². The third-order valence-electron chi connectivity index (χ3n) is 2.32. The van der Waals surface area contributed by atoms with Crippen molar-refractivity contribution in [1.82, 2.24) is 0 Å². The van der Waals surface area contributed by atoms with E-state index in [1.165, 1.54) is 0 Å². The highest BCUT2D eigenvalue weighted by molar-refractivity contribution is 5.61. The maximum absolute atomic E-state index is 8.37. The summed E-state index contributed by atoms with van der Waals surface area (Å²) in [6, 6.07) is 14.0. The van der Waals surface area contributed by atoms with Crippen LogP contribution in [0.25, 0.3) is 0 Å². The Morgan fingerprint density at radius 1 is 0.684 bits per heavy atom. The van der Waals surface area contributed by atoms with E-state index in [1.807, 2.05) is 0 Å². The first kappa shape index (κ1) is 12.3. The molecule has 0 radical (unpaired) electrons. The molecule has 0 saturated heterocycles. The normalized spacial score (nSPS) is 8.95. The molecule has 0 atom stereocenters. The average molecular weight is 251 g/mol. The molecular formula is C14H9N3O2. The van der Waals surface area contributed by atoms with Crippen LogP contribution in [0.5, 0.6) is 11.5 Å². The van der Waals surface area contributed by atoms with Crippen molar-refractivity contribution < 1.29 is 9.47 Å². The van der Waals surface area contributed by atoms with Gasteiger partial charge in [-0.2, -0.15) is 0 Å². The lowest BCUT2D eigenvalue weighted by atomic mass is 10.2. The molecule has 0 amide bonds. The van der Waals surface area contributed by atoms with Crippen LogP contribution in [0.4, 0.5) is 11.4 Å². The molecule has 5 nitrogen and oxygen atoms in total. The van der Waals surface area contributed by atoms with Crippen molar-refractivity contribution in [2.24, 2.45) is 0 Å². The van der Waals surface area contributed by atoms with Crippen LogP contribution in [0.1, 0.15) is 0 Å². The van der Waals surface area contributed by atoms with Crippen molar-refractivity contribution in [1.29, 1.82) is 10.5 Å². The Labute approximate surface area is 110 Å². The molecule has 0 aliphatic rings. The van der Waals surface area contributed by atoms with Gasteiger partial charge in [0.25, 0.3) is 12.5 Å². The molecule has 92 valence electrons. The molecule has 2 aromatic carbocycles. The highest BCUT2D eigenvalue weighted by Gasteiger charge is 1.98. The maximum Gasteiger partial charge on any atom is 0.292 e. The maximum atomic E-state index is 8.37. The zero-order valence-electron chi connectivity index (χ0n) is 9.83. The molecule has 0 spiro atoms. The minimum Gasteiger partial charge on any atom is -0.388 e. The van der Waals surface area contributed by atoms with Gasteiger partial charge in [0.1, 0.15) is 11.5 Å². The Balaban J connectivity index is 2.04. The van der Waals surface area contributed by atoms with Gasteiger partial charge in [0.05, 0.1) is 0 Å². The van der Waals surface area contributed by atoms with Gasteiger partial charge in [0, 0.05) is 11.4 Å². The molecule has 0 heterocycles. The average Bonchev–Trinajstić information content (AvgIpc) is 2.44. The molecule has 19 heavy (non-hydrogen) atoms. The molecule has 0 saturated carbocycles. The van der Waals surface area contributed by atoms with E-state index in [0.29, 0.717) is 11.5 Å². The second-order valence-corrected chi connectivity index (χ2v) is 3.56. The first-order chi connectivity index (χ1) is 9.31. The van der Waals surface area contributed by atoms with Crippen molar-refractivity contribution in [3.05, 3.63) is 48.5 Å². The van der Waals surface area contributed by atoms with Crippen LogP contribution < -0.4 is 14.8 Å². The quantitative estimate of drug-likeness (QED) is 0.844. The molecule has 2 rings (SSSR count). The van der Waals surface area contributed by atoms with E-state index in [9.17, 15) is 0 Å². The largest absolute Gasteiger partial charge is 0.388 e. The molecular weight excluding hydrogens is 242 g/mol. The van der Waals surface area contributed by atoms with Crippen LogP contribution in [-0.4, -0.2) is 0 Å². The van der Waals surface area contributed by atoms with E-state index in [4.69, 9.17) is 10.5 Å². The second-order valence-electron chi connectivity index (χ2n) is 3.56. The Kier molecular flexibility index (Phi) is 3.84. The lowest BCUT2D eigenvalue weighted by Gasteiger charge is -2.07. The number of hydrogen-bond donors (Lipinski definition) is 1. The number of rotatable bonds is 4. The summed E-state index contributed by atoms with van der Waals surface area (Å²) in [5.41, 5.74) is 1.72. The SMILES string of the molecule is N#COc1ccc(Nc2ccc(OC#N)cc2)cc1. The van der Waals surface area contributed by atoms with E-state index in [-0.39, 0.29) is 0 Å². The van der Waals surface area contributed by atoms with Gasteiger partial charge >= 0.3 is 0 Å². The van der Waals surface area contributed by atoms with E-state index in [1.54, 1.807) is 61.0 Å². The summed E-state index contributed by atoms with van der Waals surface area (Å²) in [5.74, 6) is 0.983. The Hall–Kier alpha value is -3.18. The van der Waals surface area contributed by atoms with Gasteiger partial charge in [-0.25, -0.2) is 0 Å². The molecule has 0 aromatic heterocycles. The molecule has 0 aliphatic heterocycles. The summed E-state index contributed by atoms with van der Waals surface area (Å²) in [4.78, 5) is 0. The molecule has 0 unspecified atom stereocenters. The van der Waals surface area contributed by atoms with Gasteiger partial charge in [-0.05, 0) is 48.5 Å². The monoisotopic (exact) mass is 251 g/mol. The number of nitriles is 2. The standard InChI is InChI=1S/C14H9N3O2/c15-9-18-13-5-1-11(2-6-13)17-12-3-7-14(8-4-12)19-10-16/h1-8,17H. The Bertz CT molecular complexity index is 564. The number of nitrogens with one attached hydrogen (secondary N) is 1. The summed E-state index contributed by atoms with van der Waals surface area (Å²) >= 11 is 0. The van der Waals surface area contributed by atoms with Crippen LogP contribution in [0.15, 0.2) is 48.5 Å². The van der Waals surface area contributed by atoms with Crippen molar-refractivity contribution >= 4 is 11.4 Å². The zero-order chi connectivity index (χ0) is 13.5. The summed E-state index contributed by atoms with van der Waals surface area (Å²) in [6.45, 7) is 0. The van der Waals surface area contributed by atoms with Crippen molar-refractivity contribution in [3.8, 4) is 24.0 Å². The predicted molar refractivity (Wildman–Crippen MR) is 68.6 cm³/mol. The molecule has 1 N–H and O–H groups in total. The third kappa shape index (κ3) is 3.39. The van der Waals surface area contributed by atoms with Crippen molar-refractivity contribution in [3.63, 3.8) is 0 Å². The number of benzene rings is 2.